The van der Waals surface area contributed by atoms with E-state index in [1.165, 1.54) is 20.2 Å². The minimum atomic E-state index is -3.56. The first-order chi connectivity index (χ1) is 12.5. The van der Waals surface area contributed by atoms with E-state index >= 15 is 0 Å². The van der Waals surface area contributed by atoms with Gasteiger partial charge in [-0.2, -0.15) is 0 Å². The van der Waals surface area contributed by atoms with Crippen LogP contribution in [0.5, 0.6) is 0 Å². The largest absolute Gasteiger partial charge is 0.447 e. The van der Waals surface area contributed by atoms with Crippen LogP contribution in [0.25, 0.3) is 0 Å². The second-order valence-corrected chi connectivity index (χ2v) is 8.23. The van der Waals surface area contributed by atoms with Crippen LogP contribution < -0.4 is 5.32 Å². The van der Waals surface area contributed by atoms with E-state index < -0.39 is 10.0 Å². The Hall–Kier alpha value is -2.41. The van der Waals surface area contributed by atoms with Gasteiger partial charge in [-0.1, -0.05) is 60.7 Å². The first-order valence-electron chi connectivity index (χ1n) is 8.33. The number of furan rings is 1. The monoisotopic (exact) mass is 370 g/mol. The first-order valence-corrected chi connectivity index (χ1v) is 9.77. The molecule has 2 aromatic carbocycles. The maximum absolute atomic E-state index is 12.1. The van der Waals surface area contributed by atoms with Crippen LogP contribution in [-0.4, -0.2) is 26.8 Å². The molecule has 1 aromatic heterocycles. The summed E-state index contributed by atoms with van der Waals surface area (Å²) in [6, 6.07) is 23.4. The molecule has 26 heavy (non-hydrogen) atoms. The van der Waals surface area contributed by atoms with Crippen LogP contribution >= 0.6 is 0 Å². The normalized spacial score (nSPS) is 12.0. The predicted molar refractivity (Wildman–Crippen MR) is 101 cm³/mol. The Morgan fingerprint density at radius 2 is 1.42 bits per heavy atom. The van der Waals surface area contributed by atoms with Crippen LogP contribution in [0.2, 0.25) is 0 Å². The average Bonchev–Trinajstić information content (AvgIpc) is 3.13. The van der Waals surface area contributed by atoms with Gasteiger partial charge in [-0.05, 0) is 23.3 Å². The third-order valence-electron chi connectivity index (χ3n) is 4.12. The number of hydrogen-bond acceptors (Lipinski definition) is 4. The number of sulfonamides is 1. The topological polar surface area (TPSA) is 62.6 Å². The second-order valence-electron chi connectivity index (χ2n) is 6.14. The van der Waals surface area contributed by atoms with Gasteiger partial charge < -0.3 is 4.42 Å². The van der Waals surface area contributed by atoms with Crippen molar-refractivity contribution in [3.8, 4) is 0 Å². The molecule has 1 heterocycles. The lowest BCUT2D eigenvalue weighted by Gasteiger charge is -2.19. The van der Waals surface area contributed by atoms with Crippen LogP contribution in [0.15, 0.2) is 82.3 Å². The van der Waals surface area contributed by atoms with Crippen molar-refractivity contribution >= 4 is 10.0 Å². The Kier molecular flexibility index (Phi) is 5.56. The van der Waals surface area contributed by atoms with Crippen LogP contribution in [0, 0.1) is 0 Å². The maximum atomic E-state index is 12.1. The molecule has 0 aliphatic carbocycles. The third-order valence-corrected chi connectivity index (χ3v) is 5.81. The van der Waals surface area contributed by atoms with Crippen LogP contribution in [0.1, 0.15) is 22.9 Å². The highest BCUT2D eigenvalue weighted by atomic mass is 32.2. The fourth-order valence-corrected chi connectivity index (χ4v) is 3.51. The first kappa shape index (κ1) is 18.4. The summed E-state index contributed by atoms with van der Waals surface area (Å²) in [6.45, 7) is 0.414. The molecule has 5 nitrogen and oxygen atoms in total. The molecule has 136 valence electrons. The molecule has 0 atom stereocenters. The van der Waals surface area contributed by atoms with Gasteiger partial charge in [0.25, 0.3) is 10.0 Å². The van der Waals surface area contributed by atoms with Crippen molar-refractivity contribution in [1.82, 2.24) is 9.62 Å². The minimum absolute atomic E-state index is 0.0172. The summed E-state index contributed by atoms with van der Waals surface area (Å²) >= 11 is 0. The molecule has 0 saturated heterocycles. The van der Waals surface area contributed by atoms with Gasteiger partial charge in [0.2, 0.25) is 5.09 Å². The van der Waals surface area contributed by atoms with Crippen molar-refractivity contribution in [1.29, 1.82) is 0 Å². The Morgan fingerprint density at radius 3 is 1.92 bits per heavy atom. The number of nitrogens with zero attached hydrogens (tertiary/aromatic N) is 1. The fraction of sp³-hybridized carbons (Fsp3) is 0.200. The van der Waals surface area contributed by atoms with E-state index in [9.17, 15) is 8.42 Å². The maximum Gasteiger partial charge on any atom is 0.275 e. The van der Waals surface area contributed by atoms with Crippen molar-refractivity contribution in [2.75, 3.05) is 14.1 Å². The molecule has 6 heteroatoms. The quantitative estimate of drug-likeness (QED) is 0.692. The molecule has 0 unspecified atom stereocenters. The molecule has 1 N–H and O–H groups in total. The van der Waals surface area contributed by atoms with Gasteiger partial charge >= 0.3 is 0 Å². The molecule has 0 bridgehead atoms. The van der Waals surface area contributed by atoms with Crippen LogP contribution in [0.3, 0.4) is 0 Å². The smallest absolute Gasteiger partial charge is 0.275 e. The third kappa shape index (κ3) is 4.04. The average molecular weight is 370 g/mol. The SMILES string of the molecule is CN(C)S(=O)(=O)c1ccc(CNC(c2ccccc2)c2ccccc2)o1. The lowest BCUT2D eigenvalue weighted by Crippen LogP contribution is -2.22. The van der Waals surface area contributed by atoms with Gasteiger partial charge in [0, 0.05) is 14.1 Å². The summed E-state index contributed by atoms with van der Waals surface area (Å²) in [6.07, 6.45) is 0. The van der Waals surface area contributed by atoms with Gasteiger partial charge in [-0.25, -0.2) is 12.7 Å². The van der Waals surface area contributed by atoms with Crippen molar-refractivity contribution in [3.05, 3.63) is 89.7 Å². The number of benzene rings is 2. The number of rotatable bonds is 7. The summed E-state index contributed by atoms with van der Waals surface area (Å²) in [5.41, 5.74) is 2.26. The molecule has 0 saturated carbocycles. The minimum Gasteiger partial charge on any atom is -0.447 e. The van der Waals surface area contributed by atoms with E-state index in [0.717, 1.165) is 15.4 Å². The second kappa shape index (κ2) is 7.86. The molecule has 0 fully saturated rings. The van der Waals surface area contributed by atoms with Gasteiger partial charge in [-0.3, -0.25) is 5.32 Å². The van der Waals surface area contributed by atoms with Crippen molar-refractivity contribution in [2.45, 2.75) is 17.7 Å². The fourth-order valence-electron chi connectivity index (χ4n) is 2.69. The zero-order valence-electron chi connectivity index (χ0n) is 14.8. The highest BCUT2D eigenvalue weighted by Gasteiger charge is 2.22. The number of nitrogens with one attached hydrogen (secondary N) is 1. The summed E-state index contributed by atoms with van der Waals surface area (Å²) in [5.74, 6) is 0.572. The van der Waals surface area contributed by atoms with E-state index in [1.54, 1.807) is 6.07 Å². The summed E-state index contributed by atoms with van der Waals surface area (Å²) in [4.78, 5) is 0. The predicted octanol–water partition coefficient (Wildman–Crippen LogP) is 3.41. The Bertz CT molecular complexity index is 896. The number of hydrogen-bond donors (Lipinski definition) is 1. The van der Waals surface area contributed by atoms with E-state index in [0.29, 0.717) is 12.3 Å². The van der Waals surface area contributed by atoms with E-state index in [4.69, 9.17) is 4.42 Å². The molecule has 3 rings (SSSR count). The van der Waals surface area contributed by atoms with Crippen molar-refractivity contribution < 1.29 is 12.8 Å². The Morgan fingerprint density at radius 1 is 0.885 bits per heavy atom. The zero-order chi connectivity index (χ0) is 18.6. The molecule has 0 aliphatic heterocycles. The van der Waals surface area contributed by atoms with Gasteiger partial charge in [0.15, 0.2) is 0 Å². The molecule has 0 radical (unpaired) electrons. The molecule has 0 aliphatic rings. The van der Waals surface area contributed by atoms with Gasteiger partial charge in [0.05, 0.1) is 12.6 Å². The van der Waals surface area contributed by atoms with Crippen LogP contribution in [0.4, 0.5) is 0 Å². The lowest BCUT2D eigenvalue weighted by molar-refractivity contribution is 0.384. The van der Waals surface area contributed by atoms with Gasteiger partial charge in [0.1, 0.15) is 5.76 Å². The summed E-state index contributed by atoms with van der Waals surface area (Å²) in [5, 5.41) is 3.41. The summed E-state index contributed by atoms with van der Waals surface area (Å²) in [7, 11) is -0.595. The van der Waals surface area contributed by atoms with Gasteiger partial charge in [-0.15, -0.1) is 0 Å². The van der Waals surface area contributed by atoms with Crippen molar-refractivity contribution in [2.24, 2.45) is 0 Å². The summed E-state index contributed by atoms with van der Waals surface area (Å²) < 4.78 is 31.0. The standard InChI is InChI=1S/C20H22N2O3S/c1-22(2)26(23,24)19-14-13-18(25-19)15-21-20(16-9-5-3-6-10-16)17-11-7-4-8-12-17/h3-14,20-21H,15H2,1-2H3. The molecular formula is C20H22N2O3S. The van der Waals surface area contributed by atoms with E-state index in [-0.39, 0.29) is 11.1 Å². The van der Waals surface area contributed by atoms with E-state index in [2.05, 4.69) is 29.6 Å². The van der Waals surface area contributed by atoms with Crippen molar-refractivity contribution in [3.63, 3.8) is 0 Å². The lowest BCUT2D eigenvalue weighted by atomic mass is 9.99. The zero-order valence-corrected chi connectivity index (χ0v) is 15.6. The highest BCUT2D eigenvalue weighted by Crippen LogP contribution is 2.23. The Balaban J connectivity index is 1.80. The highest BCUT2D eigenvalue weighted by molar-refractivity contribution is 7.88. The molecular weight excluding hydrogens is 348 g/mol. The molecule has 0 amide bonds. The Labute approximate surface area is 154 Å². The molecule has 0 spiro atoms. The molecule has 3 aromatic rings. The van der Waals surface area contributed by atoms with E-state index in [1.807, 2.05) is 36.4 Å². The van der Waals surface area contributed by atoms with Crippen LogP contribution in [-0.2, 0) is 16.6 Å².